The van der Waals surface area contributed by atoms with Crippen LogP contribution < -0.4 is 5.32 Å². The molecule has 0 aliphatic rings. The summed E-state index contributed by atoms with van der Waals surface area (Å²) in [5.41, 5.74) is 0. The Balaban J connectivity index is 2.51. The van der Waals surface area contributed by atoms with Gasteiger partial charge in [0.15, 0.2) is 0 Å². The molecular formula is C10H18N4O2. The zero-order chi connectivity index (χ0) is 12.0. The van der Waals surface area contributed by atoms with Gasteiger partial charge in [-0.05, 0) is 13.3 Å². The number of rotatable bonds is 7. The van der Waals surface area contributed by atoms with E-state index in [1.165, 1.54) is 6.33 Å². The summed E-state index contributed by atoms with van der Waals surface area (Å²) in [6.07, 6.45) is 2.94. The van der Waals surface area contributed by atoms with E-state index >= 15 is 0 Å². The number of hydrogen-bond acceptors (Lipinski definition) is 4. The highest BCUT2D eigenvalue weighted by molar-refractivity contribution is 5.73. The molecule has 1 aromatic rings. The molecule has 0 radical (unpaired) electrons. The Labute approximate surface area is 94.7 Å². The molecule has 0 aliphatic heterocycles. The van der Waals surface area contributed by atoms with Gasteiger partial charge in [-0.3, -0.25) is 10.1 Å². The van der Waals surface area contributed by atoms with Crippen LogP contribution in [0.4, 0.5) is 0 Å². The fourth-order valence-electron chi connectivity index (χ4n) is 1.51. The summed E-state index contributed by atoms with van der Waals surface area (Å²) in [5.74, 6) is -0.0470. The van der Waals surface area contributed by atoms with Gasteiger partial charge in [-0.15, -0.1) is 0 Å². The Bertz CT molecular complexity index is 337. The third kappa shape index (κ3) is 3.30. The molecular weight excluding hydrogens is 208 g/mol. The van der Waals surface area contributed by atoms with Crippen LogP contribution in [0.15, 0.2) is 6.33 Å². The molecule has 1 aromatic heterocycles. The van der Waals surface area contributed by atoms with E-state index < -0.39 is 12.0 Å². The van der Waals surface area contributed by atoms with Crippen molar-refractivity contribution in [2.45, 2.75) is 45.8 Å². The van der Waals surface area contributed by atoms with Crippen LogP contribution in [-0.4, -0.2) is 31.9 Å². The van der Waals surface area contributed by atoms with E-state index in [0.717, 1.165) is 18.8 Å². The van der Waals surface area contributed by atoms with E-state index in [1.807, 2.05) is 13.8 Å². The molecule has 0 aromatic carbocycles. The summed E-state index contributed by atoms with van der Waals surface area (Å²) in [7, 11) is 0. The molecule has 1 atom stereocenters. The highest BCUT2D eigenvalue weighted by atomic mass is 16.4. The molecule has 0 saturated carbocycles. The van der Waals surface area contributed by atoms with Gasteiger partial charge in [-0.25, -0.2) is 9.67 Å². The molecule has 90 valence electrons. The maximum absolute atomic E-state index is 10.9. The second-order valence-corrected chi connectivity index (χ2v) is 3.55. The third-order valence-electron chi connectivity index (χ3n) is 2.38. The number of hydrogen-bond donors (Lipinski definition) is 2. The monoisotopic (exact) mass is 226 g/mol. The van der Waals surface area contributed by atoms with Crippen molar-refractivity contribution in [3.8, 4) is 0 Å². The molecule has 0 aliphatic carbocycles. The predicted molar refractivity (Wildman–Crippen MR) is 58.9 cm³/mol. The first-order valence-electron chi connectivity index (χ1n) is 5.51. The Morgan fingerprint density at radius 2 is 2.38 bits per heavy atom. The molecule has 1 heterocycles. The van der Waals surface area contributed by atoms with Gasteiger partial charge in [-0.2, -0.15) is 5.10 Å². The number of carboxylic acids is 1. The molecule has 0 amide bonds. The fraction of sp³-hybridized carbons (Fsp3) is 0.700. The summed E-state index contributed by atoms with van der Waals surface area (Å²) in [6.45, 7) is 5.11. The van der Waals surface area contributed by atoms with E-state index in [4.69, 9.17) is 5.11 Å². The van der Waals surface area contributed by atoms with E-state index in [-0.39, 0.29) is 0 Å². The van der Waals surface area contributed by atoms with Gasteiger partial charge in [0.25, 0.3) is 0 Å². The lowest BCUT2D eigenvalue weighted by molar-refractivity contribution is -0.139. The van der Waals surface area contributed by atoms with Gasteiger partial charge in [0.2, 0.25) is 0 Å². The summed E-state index contributed by atoms with van der Waals surface area (Å²) in [5, 5.41) is 16.0. The number of aryl methyl sites for hydroxylation is 1. The maximum Gasteiger partial charge on any atom is 0.320 e. The summed E-state index contributed by atoms with van der Waals surface area (Å²) >= 11 is 0. The van der Waals surface area contributed by atoms with E-state index in [1.54, 1.807) is 4.68 Å². The van der Waals surface area contributed by atoms with Gasteiger partial charge in [-0.1, -0.05) is 13.3 Å². The van der Waals surface area contributed by atoms with Gasteiger partial charge in [0, 0.05) is 6.54 Å². The number of nitrogens with one attached hydrogen (secondary N) is 1. The molecule has 6 heteroatoms. The average molecular weight is 226 g/mol. The molecule has 1 unspecified atom stereocenters. The number of carboxylic acid groups (broad SMARTS) is 1. The van der Waals surface area contributed by atoms with Gasteiger partial charge < -0.3 is 5.11 Å². The van der Waals surface area contributed by atoms with Crippen molar-refractivity contribution >= 4 is 5.97 Å². The van der Waals surface area contributed by atoms with Gasteiger partial charge >= 0.3 is 5.97 Å². The summed E-state index contributed by atoms with van der Waals surface area (Å²) < 4.78 is 1.75. The van der Waals surface area contributed by atoms with Crippen molar-refractivity contribution in [2.75, 3.05) is 0 Å². The minimum atomic E-state index is -0.815. The Morgan fingerprint density at radius 1 is 1.62 bits per heavy atom. The molecule has 0 saturated heterocycles. The lowest BCUT2D eigenvalue weighted by Crippen LogP contribution is -2.36. The van der Waals surface area contributed by atoms with E-state index in [2.05, 4.69) is 15.4 Å². The quantitative estimate of drug-likeness (QED) is 0.713. The Kier molecular flexibility index (Phi) is 4.91. The molecule has 2 N–H and O–H groups in total. The maximum atomic E-state index is 10.9. The van der Waals surface area contributed by atoms with Crippen LogP contribution in [0.2, 0.25) is 0 Å². The van der Waals surface area contributed by atoms with Crippen LogP contribution in [0, 0.1) is 0 Å². The van der Waals surface area contributed by atoms with Crippen LogP contribution in [0.1, 0.15) is 32.5 Å². The zero-order valence-electron chi connectivity index (χ0n) is 9.68. The average Bonchev–Trinajstić information content (AvgIpc) is 2.71. The largest absolute Gasteiger partial charge is 0.480 e. The van der Waals surface area contributed by atoms with Crippen molar-refractivity contribution in [3.05, 3.63) is 12.2 Å². The smallest absolute Gasteiger partial charge is 0.320 e. The normalized spacial score (nSPS) is 12.6. The van der Waals surface area contributed by atoms with Crippen molar-refractivity contribution < 1.29 is 9.90 Å². The number of carbonyl (C=O) groups is 1. The topological polar surface area (TPSA) is 80.0 Å². The van der Waals surface area contributed by atoms with Gasteiger partial charge in [0.05, 0.1) is 6.54 Å². The van der Waals surface area contributed by atoms with Crippen molar-refractivity contribution in [3.63, 3.8) is 0 Å². The zero-order valence-corrected chi connectivity index (χ0v) is 9.68. The molecule has 0 spiro atoms. The second kappa shape index (κ2) is 6.22. The van der Waals surface area contributed by atoms with E-state index in [9.17, 15) is 4.79 Å². The number of nitrogens with zero attached hydrogens (tertiary/aromatic N) is 3. The first-order valence-corrected chi connectivity index (χ1v) is 5.51. The Morgan fingerprint density at radius 3 is 2.94 bits per heavy atom. The third-order valence-corrected chi connectivity index (χ3v) is 2.38. The van der Waals surface area contributed by atoms with Gasteiger partial charge in [0.1, 0.15) is 18.2 Å². The first kappa shape index (κ1) is 12.6. The van der Waals surface area contributed by atoms with Crippen LogP contribution in [-0.2, 0) is 17.9 Å². The minimum Gasteiger partial charge on any atom is -0.480 e. The molecule has 1 rings (SSSR count). The van der Waals surface area contributed by atoms with E-state index in [0.29, 0.717) is 13.0 Å². The standard InChI is InChI=1S/C10H18N4O2/c1-3-5-8(10(15)16)11-6-9-12-7-13-14(9)4-2/h7-8,11H,3-6H2,1-2H3,(H,15,16). The highest BCUT2D eigenvalue weighted by Gasteiger charge is 2.16. The molecule has 0 fully saturated rings. The first-order chi connectivity index (χ1) is 7.69. The predicted octanol–water partition coefficient (Wildman–Crippen LogP) is 0.641. The van der Waals surface area contributed by atoms with Crippen LogP contribution in [0.5, 0.6) is 0 Å². The molecule has 16 heavy (non-hydrogen) atoms. The highest BCUT2D eigenvalue weighted by Crippen LogP contribution is 2.00. The molecule has 0 bridgehead atoms. The second-order valence-electron chi connectivity index (χ2n) is 3.55. The minimum absolute atomic E-state index is 0.435. The summed E-state index contributed by atoms with van der Waals surface area (Å²) in [6, 6.07) is -0.507. The van der Waals surface area contributed by atoms with Crippen molar-refractivity contribution in [2.24, 2.45) is 0 Å². The lowest BCUT2D eigenvalue weighted by atomic mass is 10.2. The van der Waals surface area contributed by atoms with Crippen molar-refractivity contribution in [1.29, 1.82) is 0 Å². The van der Waals surface area contributed by atoms with Crippen LogP contribution >= 0.6 is 0 Å². The summed E-state index contributed by atoms with van der Waals surface area (Å²) in [4.78, 5) is 15.0. The lowest BCUT2D eigenvalue weighted by Gasteiger charge is -2.13. The van der Waals surface area contributed by atoms with Crippen LogP contribution in [0.3, 0.4) is 0 Å². The SMILES string of the molecule is CCCC(NCc1ncnn1CC)C(=O)O. The number of aromatic nitrogens is 3. The van der Waals surface area contributed by atoms with Crippen molar-refractivity contribution in [1.82, 2.24) is 20.1 Å². The number of aliphatic carboxylic acids is 1. The molecule has 6 nitrogen and oxygen atoms in total. The fourth-order valence-corrected chi connectivity index (χ4v) is 1.51. The van der Waals surface area contributed by atoms with Crippen LogP contribution in [0.25, 0.3) is 0 Å². The Hall–Kier alpha value is -1.43.